The molecule has 6 atom stereocenters. The number of nitrogen functional groups attached to an aromatic ring is 1. The second-order valence-corrected chi connectivity index (χ2v) is 14.2. The van der Waals surface area contributed by atoms with Crippen LogP contribution >= 0.6 is 40.0 Å². The van der Waals surface area contributed by atoms with Gasteiger partial charge in [0.2, 0.25) is 11.6 Å². The molecule has 0 saturated carbocycles. The van der Waals surface area contributed by atoms with E-state index in [9.17, 15) is 4.79 Å². The van der Waals surface area contributed by atoms with Gasteiger partial charge in [0.05, 0.1) is 31.7 Å². The number of halogens is 1. The minimum atomic E-state index is -3.42. The molecule has 3 N–H and O–H groups in total. The number of nitrogens with two attached hydrogens (primary N) is 1. The van der Waals surface area contributed by atoms with Crippen molar-refractivity contribution in [3.8, 4) is 0 Å². The van der Waals surface area contributed by atoms with E-state index in [1.165, 1.54) is 17.2 Å². The normalized spacial score (nSPS) is 22.8. The molecule has 5 rings (SSSR count). The average Bonchev–Trinajstić information content (AvgIpc) is 3.59. The number of nitrogens with zero attached hydrogens (tertiary/aromatic N) is 7. The number of thiol groups is 2. The van der Waals surface area contributed by atoms with E-state index in [1.54, 1.807) is 10.8 Å². The van der Waals surface area contributed by atoms with Gasteiger partial charge in [0.15, 0.2) is 29.2 Å². The number of imidazole rings is 2. The van der Waals surface area contributed by atoms with E-state index in [0.717, 1.165) is 0 Å². The fraction of sp³-hybridized carbons (Fsp3) is 0.474. The first kappa shape index (κ1) is 29.7. The van der Waals surface area contributed by atoms with Gasteiger partial charge in [-0.2, -0.15) is 17.6 Å². The molecule has 4 aromatic rings. The predicted octanol–water partition coefficient (Wildman–Crippen LogP) is 1.54. The van der Waals surface area contributed by atoms with Crippen LogP contribution in [0.3, 0.4) is 0 Å². The lowest BCUT2D eigenvalue weighted by molar-refractivity contribution is -0.0539. The zero-order valence-electron chi connectivity index (χ0n) is 20.4. The fourth-order valence-corrected chi connectivity index (χ4v) is 6.24. The van der Waals surface area contributed by atoms with E-state index in [0.29, 0.717) is 30.1 Å². The highest BCUT2D eigenvalue weighted by Crippen LogP contribution is 2.57. The quantitative estimate of drug-likeness (QED) is 0.0986. The number of aromatic nitrogens is 8. The molecule has 0 bridgehead atoms. The number of anilines is 1. The van der Waals surface area contributed by atoms with Crippen molar-refractivity contribution in [3.63, 3.8) is 0 Å². The predicted molar refractivity (Wildman–Crippen MR) is 155 cm³/mol. The molecular weight excluding hydrogens is 627 g/mol. The number of nitrogens with one attached hydrogen (secondary N) is 1. The van der Waals surface area contributed by atoms with Crippen LogP contribution in [0.5, 0.6) is 0 Å². The fourth-order valence-electron chi connectivity index (χ4n) is 4.20. The van der Waals surface area contributed by atoms with E-state index >= 15 is 4.39 Å². The van der Waals surface area contributed by atoms with Crippen molar-refractivity contribution < 1.29 is 27.4 Å². The third kappa shape index (κ3) is 6.18. The van der Waals surface area contributed by atoms with E-state index in [-0.39, 0.29) is 36.3 Å². The summed E-state index contributed by atoms with van der Waals surface area (Å²) >= 11 is 14.0. The zero-order valence-corrected chi connectivity index (χ0v) is 25.1. The highest BCUT2D eigenvalue weighted by atomic mass is 32.9. The summed E-state index contributed by atoms with van der Waals surface area (Å²) in [4.78, 5) is 35.6. The molecule has 0 aromatic carbocycles. The van der Waals surface area contributed by atoms with Gasteiger partial charge in [0.25, 0.3) is 5.56 Å². The summed E-state index contributed by atoms with van der Waals surface area (Å²) in [5.41, 5.74) is 2.92. The molecule has 2 unspecified atom stereocenters. The summed E-state index contributed by atoms with van der Waals surface area (Å²) in [6, 6.07) is 0. The first-order valence-electron chi connectivity index (χ1n) is 11.6. The lowest BCUT2D eigenvalue weighted by atomic mass is 10.1. The van der Waals surface area contributed by atoms with Crippen LogP contribution in [0.1, 0.15) is 12.1 Å². The Morgan fingerprint density at radius 1 is 1.32 bits per heavy atom. The van der Waals surface area contributed by atoms with Crippen LogP contribution in [0.2, 0.25) is 0 Å². The van der Waals surface area contributed by atoms with E-state index < -0.39 is 35.9 Å². The van der Waals surface area contributed by atoms with Gasteiger partial charge >= 0.3 is 0 Å². The Morgan fingerprint density at radius 2 is 2.15 bits per heavy atom. The number of hydrogen-bond donors (Lipinski definition) is 4. The maximum atomic E-state index is 15.7. The second-order valence-electron chi connectivity index (χ2n) is 8.38. The number of ether oxygens (including phenoxy) is 2. The molecule has 1 fully saturated rings. The lowest BCUT2D eigenvalue weighted by Crippen LogP contribution is -2.32. The Labute approximate surface area is 243 Å². The molecule has 1 aliphatic rings. The number of fused-ring (bicyclic) bond motifs is 2. The van der Waals surface area contributed by atoms with Crippen LogP contribution in [0, 0.1) is 0 Å². The van der Waals surface area contributed by atoms with Crippen LogP contribution < -0.4 is 11.3 Å². The smallest absolute Gasteiger partial charge is 0.280 e. The van der Waals surface area contributed by atoms with Gasteiger partial charge in [-0.3, -0.25) is 14.3 Å². The van der Waals surface area contributed by atoms with E-state index in [4.69, 9.17) is 40.6 Å². The molecule has 1 aliphatic heterocycles. The molecule has 216 valence electrons. The summed E-state index contributed by atoms with van der Waals surface area (Å²) in [5, 5.41) is 0. The number of rotatable bonds is 12. The van der Waals surface area contributed by atoms with Gasteiger partial charge in [-0.05, 0) is 11.8 Å². The maximum absolute atomic E-state index is 15.7. The maximum Gasteiger partial charge on any atom is 0.280 e. The van der Waals surface area contributed by atoms with Crippen molar-refractivity contribution in [1.82, 2.24) is 39.0 Å². The van der Waals surface area contributed by atoms with E-state index in [2.05, 4.69) is 64.2 Å². The van der Waals surface area contributed by atoms with Crippen molar-refractivity contribution in [2.45, 2.75) is 37.8 Å². The Morgan fingerprint density at radius 3 is 2.92 bits per heavy atom. The van der Waals surface area contributed by atoms with Crippen LogP contribution in [0.15, 0.2) is 23.6 Å². The van der Waals surface area contributed by atoms with Crippen molar-refractivity contribution in [1.29, 1.82) is 0 Å². The molecule has 0 aliphatic carbocycles. The van der Waals surface area contributed by atoms with Gasteiger partial charge in [-0.25, -0.2) is 24.3 Å². The third-order valence-electron chi connectivity index (χ3n) is 5.90. The molecule has 40 heavy (non-hydrogen) atoms. The second kappa shape index (κ2) is 12.6. The molecule has 0 radical (unpaired) electrons. The monoisotopic (exact) mass is 651 g/mol. The number of alkyl halides is 1. The third-order valence-corrected chi connectivity index (χ3v) is 8.48. The molecule has 15 nitrogen and oxygen atoms in total. The summed E-state index contributed by atoms with van der Waals surface area (Å²) in [6.07, 6.45) is -1.01. The Kier molecular flexibility index (Phi) is 9.36. The van der Waals surface area contributed by atoms with E-state index in [1.807, 2.05) is 0 Å². The molecule has 21 heteroatoms. The van der Waals surface area contributed by atoms with Crippen LogP contribution in [-0.2, 0) is 48.0 Å². The number of H-pyrrole nitrogens is 1. The van der Waals surface area contributed by atoms with Crippen molar-refractivity contribution in [2.75, 3.05) is 24.9 Å². The number of hydrogen-bond acceptors (Lipinski definition) is 14. The first-order valence-corrected chi connectivity index (χ1v) is 16.4. The van der Waals surface area contributed by atoms with Crippen molar-refractivity contribution in [2.24, 2.45) is 0 Å². The molecule has 0 spiro atoms. The van der Waals surface area contributed by atoms with Crippen molar-refractivity contribution in [3.05, 3.63) is 35.0 Å². The average molecular weight is 652 g/mol. The van der Waals surface area contributed by atoms with Crippen LogP contribution in [-0.4, -0.2) is 76.6 Å². The standard InChI is InChI=1S/C19H24FN9O6P2S3/c20-12-10(4-31-8-38)34-18(29-7-24-13-16(29)26-19(21)27-17(13)30)14(12)35-37(39,40)33-5-11-25-9-3-22-6-23-15(9)28(11)1-2-32-36/h3,6-7,10,12,14,18,38H,1-2,4-5,8,36H2,(H,39,40)(H3,21,26,27,30)/t10-,12-,14-,18-/m1/s1. The SMILES string of the molecule is Nc1nc2c(ncn2[C@@H]2O[C@H](COCS)[C@@H](F)[C@H]2OP(=S)(S)OCc2nc3cncnc3n2CCOP)c(=O)[nH]1. The van der Waals surface area contributed by atoms with Gasteiger partial charge < -0.3 is 33.3 Å². The van der Waals surface area contributed by atoms with Gasteiger partial charge in [-0.1, -0.05) is 12.2 Å². The topological polar surface area (TPSA) is 179 Å². The minimum absolute atomic E-state index is 0.0139. The zero-order chi connectivity index (χ0) is 28.4. The molecule has 4 aromatic heterocycles. The first-order chi connectivity index (χ1) is 19.2. The minimum Gasteiger partial charge on any atom is -0.369 e. The number of aromatic amines is 1. The lowest BCUT2D eigenvalue weighted by Gasteiger charge is -2.26. The summed E-state index contributed by atoms with van der Waals surface area (Å²) in [5.74, 6) is 0.370. The van der Waals surface area contributed by atoms with Gasteiger partial charge in [0.1, 0.15) is 36.5 Å². The molecular formula is C19H24FN9O6P2S3. The Balaban J connectivity index is 1.41. The summed E-state index contributed by atoms with van der Waals surface area (Å²) in [7, 11) is 2.18. The summed E-state index contributed by atoms with van der Waals surface area (Å²) < 4.78 is 47.1. The van der Waals surface area contributed by atoms with Crippen LogP contribution in [0.4, 0.5) is 10.3 Å². The molecule has 1 saturated heterocycles. The molecule has 0 amide bonds. The highest BCUT2D eigenvalue weighted by Gasteiger charge is 2.49. The largest absolute Gasteiger partial charge is 0.369 e. The Hall–Kier alpha value is -1.79. The van der Waals surface area contributed by atoms with Gasteiger partial charge in [-0.15, -0.1) is 0 Å². The molecule has 5 heterocycles. The summed E-state index contributed by atoms with van der Waals surface area (Å²) in [6.45, 7) is 0.548. The Bertz CT molecular complexity index is 1610. The highest BCUT2D eigenvalue weighted by molar-refractivity contribution is 8.60. The van der Waals surface area contributed by atoms with Crippen LogP contribution in [0.25, 0.3) is 22.3 Å². The van der Waals surface area contributed by atoms with Gasteiger partial charge in [0, 0.05) is 16.0 Å². The van der Waals surface area contributed by atoms with Crippen molar-refractivity contribution >= 4 is 80.1 Å².